The van der Waals surface area contributed by atoms with E-state index in [9.17, 15) is 9.59 Å². The van der Waals surface area contributed by atoms with Crippen molar-refractivity contribution in [3.63, 3.8) is 0 Å². The molecule has 2 atom stereocenters. The van der Waals surface area contributed by atoms with E-state index in [2.05, 4.69) is 11.3 Å². The van der Waals surface area contributed by atoms with Gasteiger partial charge in [-0.1, -0.05) is 12.7 Å². The Morgan fingerprint density at radius 2 is 2.46 bits per heavy atom. The summed E-state index contributed by atoms with van der Waals surface area (Å²) < 4.78 is 9.42. The fourth-order valence-corrected chi connectivity index (χ4v) is 1.32. The molecule has 1 aliphatic rings. The number of methoxy groups -OCH3 is 1. The highest BCUT2D eigenvalue weighted by atomic mass is 16.6. The van der Waals surface area contributed by atoms with Gasteiger partial charge in [0.05, 0.1) is 7.11 Å². The monoisotopic (exact) mass is 184 g/mol. The molecule has 0 unspecified atom stereocenters. The van der Waals surface area contributed by atoms with Crippen LogP contribution in [-0.4, -0.2) is 25.2 Å². The average Bonchev–Trinajstić information content (AvgIpc) is 2.42. The molecule has 0 spiro atoms. The van der Waals surface area contributed by atoms with Gasteiger partial charge in [-0.3, -0.25) is 9.59 Å². The van der Waals surface area contributed by atoms with Crippen molar-refractivity contribution < 1.29 is 19.1 Å². The van der Waals surface area contributed by atoms with E-state index in [0.29, 0.717) is 6.42 Å². The van der Waals surface area contributed by atoms with Crippen LogP contribution in [-0.2, 0) is 19.1 Å². The Morgan fingerprint density at radius 1 is 1.85 bits per heavy atom. The van der Waals surface area contributed by atoms with Gasteiger partial charge in [0.15, 0.2) is 5.41 Å². The molecule has 0 aromatic rings. The molecule has 72 valence electrons. The number of hydrogen-bond acceptors (Lipinski definition) is 4. The molecule has 1 heterocycles. The zero-order chi connectivity index (χ0) is 10.1. The van der Waals surface area contributed by atoms with Crippen molar-refractivity contribution in [3.05, 3.63) is 12.7 Å². The van der Waals surface area contributed by atoms with Crippen LogP contribution in [0.4, 0.5) is 0 Å². The molecule has 0 aromatic heterocycles. The fraction of sp³-hybridized carbons (Fsp3) is 0.556. The molecule has 1 saturated heterocycles. The molecule has 1 fully saturated rings. The molecule has 0 N–H and O–H groups in total. The van der Waals surface area contributed by atoms with E-state index in [-0.39, 0.29) is 6.10 Å². The van der Waals surface area contributed by atoms with E-state index in [1.165, 1.54) is 20.1 Å². The number of ether oxygens (including phenoxy) is 2. The van der Waals surface area contributed by atoms with Crippen LogP contribution in [0, 0.1) is 5.41 Å². The summed E-state index contributed by atoms with van der Waals surface area (Å²) in [4.78, 5) is 22.5. The first-order valence-electron chi connectivity index (χ1n) is 3.96. The van der Waals surface area contributed by atoms with Crippen LogP contribution in [0.5, 0.6) is 0 Å². The molecule has 4 heteroatoms. The van der Waals surface area contributed by atoms with E-state index in [4.69, 9.17) is 4.74 Å². The lowest BCUT2D eigenvalue weighted by Crippen LogP contribution is -2.33. The highest BCUT2D eigenvalue weighted by Crippen LogP contribution is 2.35. The van der Waals surface area contributed by atoms with Gasteiger partial charge in [0.2, 0.25) is 0 Å². The van der Waals surface area contributed by atoms with E-state index in [1.807, 2.05) is 0 Å². The number of carbonyl (C=O) groups excluding carboxylic acids is 2. The third-order valence-corrected chi connectivity index (χ3v) is 2.22. The summed E-state index contributed by atoms with van der Waals surface area (Å²) in [5.41, 5.74) is -1.16. The molecular formula is C9H12O4. The predicted octanol–water partition coefficient (Wildman–Crippen LogP) is 0.667. The molecule has 0 radical (unpaired) electrons. The largest absolute Gasteiger partial charge is 0.468 e. The van der Waals surface area contributed by atoms with E-state index < -0.39 is 17.4 Å². The quantitative estimate of drug-likeness (QED) is 0.359. The molecule has 1 aliphatic heterocycles. The topological polar surface area (TPSA) is 52.6 Å². The Bertz CT molecular complexity index is 258. The van der Waals surface area contributed by atoms with Crippen LogP contribution in [0.3, 0.4) is 0 Å². The maximum atomic E-state index is 11.3. The smallest absolute Gasteiger partial charge is 0.323 e. The van der Waals surface area contributed by atoms with Crippen molar-refractivity contribution in [2.24, 2.45) is 5.41 Å². The summed E-state index contributed by atoms with van der Waals surface area (Å²) in [6, 6.07) is 0. The van der Waals surface area contributed by atoms with Gasteiger partial charge in [-0.25, -0.2) is 0 Å². The first-order chi connectivity index (χ1) is 6.04. The summed E-state index contributed by atoms with van der Waals surface area (Å²) in [5.74, 6) is -1.09. The van der Waals surface area contributed by atoms with Gasteiger partial charge in [-0.15, -0.1) is 0 Å². The normalized spacial score (nSPS) is 32.5. The Morgan fingerprint density at radius 3 is 2.85 bits per heavy atom. The lowest BCUT2D eigenvalue weighted by Gasteiger charge is -2.14. The number of esters is 2. The zero-order valence-corrected chi connectivity index (χ0v) is 7.70. The van der Waals surface area contributed by atoms with Crippen molar-refractivity contribution in [2.75, 3.05) is 7.11 Å². The van der Waals surface area contributed by atoms with Crippen molar-refractivity contribution >= 4 is 11.9 Å². The van der Waals surface area contributed by atoms with Crippen LogP contribution < -0.4 is 0 Å². The van der Waals surface area contributed by atoms with Crippen molar-refractivity contribution in [2.45, 2.75) is 19.4 Å². The predicted molar refractivity (Wildman–Crippen MR) is 44.8 cm³/mol. The molecule has 13 heavy (non-hydrogen) atoms. The molecule has 0 amide bonds. The van der Waals surface area contributed by atoms with Crippen molar-refractivity contribution in [3.8, 4) is 0 Å². The van der Waals surface area contributed by atoms with E-state index in [0.717, 1.165) is 0 Å². The number of hydrogen-bond donors (Lipinski definition) is 0. The Hall–Kier alpha value is -1.32. The van der Waals surface area contributed by atoms with Gasteiger partial charge in [0.1, 0.15) is 6.10 Å². The van der Waals surface area contributed by atoms with Crippen LogP contribution >= 0.6 is 0 Å². The van der Waals surface area contributed by atoms with Crippen LogP contribution in [0.2, 0.25) is 0 Å². The van der Waals surface area contributed by atoms with E-state index >= 15 is 0 Å². The third-order valence-electron chi connectivity index (χ3n) is 2.22. The number of rotatable bonds is 2. The van der Waals surface area contributed by atoms with Crippen LogP contribution in [0.1, 0.15) is 13.3 Å². The standard InChI is InChI=1S/C9H12O4/c1-4-6-5-9(2,7(10)12-3)8(11)13-6/h4,6H,1,5H2,2-3H3/t6-,9+/m0/s1. The van der Waals surface area contributed by atoms with Gasteiger partial charge in [0, 0.05) is 6.42 Å². The lowest BCUT2D eigenvalue weighted by molar-refractivity contribution is -0.161. The molecular weight excluding hydrogens is 172 g/mol. The summed E-state index contributed by atoms with van der Waals surface area (Å²) in [5, 5.41) is 0. The minimum atomic E-state index is -1.16. The molecule has 1 rings (SSSR count). The van der Waals surface area contributed by atoms with Crippen molar-refractivity contribution in [1.29, 1.82) is 0 Å². The second kappa shape index (κ2) is 3.20. The fourth-order valence-electron chi connectivity index (χ4n) is 1.32. The SMILES string of the molecule is C=C[C@H]1C[C@](C)(C(=O)OC)C(=O)O1. The molecule has 4 nitrogen and oxygen atoms in total. The molecule has 0 saturated carbocycles. The van der Waals surface area contributed by atoms with Gasteiger partial charge in [0.25, 0.3) is 0 Å². The second-order valence-corrected chi connectivity index (χ2v) is 3.21. The minimum absolute atomic E-state index is 0.308. The molecule has 0 aliphatic carbocycles. The molecule has 0 bridgehead atoms. The van der Waals surface area contributed by atoms with Crippen molar-refractivity contribution in [1.82, 2.24) is 0 Å². The Balaban J connectivity index is 2.86. The van der Waals surface area contributed by atoms with Gasteiger partial charge in [-0.05, 0) is 6.92 Å². The average molecular weight is 184 g/mol. The third kappa shape index (κ3) is 1.43. The second-order valence-electron chi connectivity index (χ2n) is 3.21. The maximum absolute atomic E-state index is 11.3. The van der Waals surface area contributed by atoms with Crippen LogP contribution in [0.15, 0.2) is 12.7 Å². The molecule has 0 aromatic carbocycles. The minimum Gasteiger partial charge on any atom is -0.468 e. The highest BCUT2D eigenvalue weighted by Gasteiger charge is 2.51. The summed E-state index contributed by atoms with van der Waals surface area (Å²) in [7, 11) is 1.25. The number of cyclic esters (lactones) is 1. The summed E-state index contributed by atoms with van der Waals surface area (Å²) in [6.45, 7) is 5.02. The number of carbonyl (C=O) groups is 2. The van der Waals surface area contributed by atoms with E-state index in [1.54, 1.807) is 0 Å². The first kappa shape index (κ1) is 9.77. The van der Waals surface area contributed by atoms with Gasteiger partial charge in [-0.2, -0.15) is 0 Å². The van der Waals surface area contributed by atoms with Gasteiger partial charge < -0.3 is 9.47 Å². The zero-order valence-electron chi connectivity index (χ0n) is 7.70. The highest BCUT2D eigenvalue weighted by molar-refractivity contribution is 6.01. The maximum Gasteiger partial charge on any atom is 0.323 e. The summed E-state index contributed by atoms with van der Waals surface area (Å²) >= 11 is 0. The lowest BCUT2D eigenvalue weighted by atomic mass is 9.87. The Kier molecular flexibility index (Phi) is 2.40. The first-order valence-corrected chi connectivity index (χ1v) is 3.96. The Labute approximate surface area is 76.5 Å². The van der Waals surface area contributed by atoms with Crippen LogP contribution in [0.25, 0.3) is 0 Å². The summed E-state index contributed by atoms with van der Waals surface area (Å²) in [6.07, 6.45) is 1.44. The van der Waals surface area contributed by atoms with Gasteiger partial charge >= 0.3 is 11.9 Å².